The van der Waals surface area contributed by atoms with Crippen LogP contribution in [0.25, 0.3) is 0 Å². The highest BCUT2D eigenvalue weighted by Crippen LogP contribution is 2.67. The molecule has 0 aromatic heterocycles. The summed E-state index contributed by atoms with van der Waals surface area (Å²) in [5, 5.41) is 34.8. The Morgan fingerprint density at radius 1 is 1.10 bits per heavy atom. The first-order valence-electron chi connectivity index (χ1n) is 14.5. The number of rotatable bonds is 9. The Morgan fingerprint density at radius 3 is 2.45 bits per heavy atom. The molecule has 10 heteroatoms. The van der Waals surface area contributed by atoms with Gasteiger partial charge in [0.05, 0.1) is 12.5 Å². The predicted molar refractivity (Wildman–Crippen MR) is 143 cm³/mol. The van der Waals surface area contributed by atoms with Gasteiger partial charge in [0.15, 0.2) is 12.4 Å². The Balaban J connectivity index is 1.38. The SMILES string of the molecule is CC(C)[C@H](NC(=O)CCC(=O)OCC(=O)[C@@]1(O)CC[C@@H]2[C@@H]3CCC4=CC(=O)CC[C@]4(C)[C@@H]3[C@@H](O)C[C@@]21C)C(=O)O. The Labute approximate surface area is 234 Å². The number of ketones is 2. The maximum Gasteiger partial charge on any atom is 0.326 e. The molecular formula is C30H43NO9. The minimum Gasteiger partial charge on any atom is -0.480 e. The number of esters is 1. The lowest BCUT2D eigenvalue weighted by Crippen LogP contribution is -2.62. The van der Waals surface area contributed by atoms with Crippen molar-refractivity contribution in [2.45, 2.75) is 103 Å². The van der Waals surface area contributed by atoms with Gasteiger partial charge in [0.1, 0.15) is 11.6 Å². The number of hydrogen-bond acceptors (Lipinski definition) is 8. The number of carbonyl (C=O) groups excluding carboxylic acids is 4. The molecule has 0 unspecified atom stereocenters. The van der Waals surface area contributed by atoms with Crippen molar-refractivity contribution < 1.29 is 44.0 Å². The molecule has 0 bridgehead atoms. The lowest BCUT2D eigenvalue weighted by Gasteiger charge is -2.60. The van der Waals surface area contributed by atoms with Gasteiger partial charge < -0.3 is 25.4 Å². The van der Waals surface area contributed by atoms with Gasteiger partial charge in [0, 0.05) is 18.3 Å². The van der Waals surface area contributed by atoms with Crippen molar-refractivity contribution in [1.29, 1.82) is 0 Å². The molecule has 0 spiro atoms. The zero-order valence-electron chi connectivity index (χ0n) is 23.9. The van der Waals surface area contributed by atoms with Crippen LogP contribution < -0.4 is 5.32 Å². The summed E-state index contributed by atoms with van der Waals surface area (Å²) in [6.07, 6.45) is 4.20. The zero-order valence-corrected chi connectivity index (χ0v) is 23.9. The van der Waals surface area contributed by atoms with Gasteiger partial charge in [-0.3, -0.25) is 19.2 Å². The Hall–Kier alpha value is -2.59. The molecule has 8 atom stereocenters. The monoisotopic (exact) mass is 561 g/mol. The van der Waals surface area contributed by atoms with Crippen LogP contribution in [0.2, 0.25) is 0 Å². The summed E-state index contributed by atoms with van der Waals surface area (Å²) in [6.45, 7) is 6.68. The van der Waals surface area contributed by atoms with Crippen molar-refractivity contribution in [3.05, 3.63) is 11.6 Å². The number of nitrogens with one attached hydrogen (secondary N) is 1. The summed E-state index contributed by atoms with van der Waals surface area (Å²) in [6, 6.07) is -1.07. The van der Waals surface area contributed by atoms with E-state index >= 15 is 0 Å². The number of aliphatic carboxylic acids is 1. The average molecular weight is 562 g/mol. The smallest absolute Gasteiger partial charge is 0.326 e. The second-order valence-corrected chi connectivity index (χ2v) is 13.2. The number of fused-ring (bicyclic) bond motifs is 5. The molecule has 0 heterocycles. The molecule has 0 aromatic rings. The van der Waals surface area contributed by atoms with Gasteiger partial charge >= 0.3 is 11.9 Å². The number of hydrogen-bond donors (Lipinski definition) is 4. The summed E-state index contributed by atoms with van der Waals surface area (Å²) in [4.78, 5) is 61.1. The van der Waals surface area contributed by atoms with Gasteiger partial charge in [-0.05, 0) is 73.7 Å². The molecule has 4 rings (SSSR count). The van der Waals surface area contributed by atoms with E-state index in [0.29, 0.717) is 19.3 Å². The second-order valence-electron chi connectivity index (χ2n) is 13.2. The molecule has 4 N–H and O–H groups in total. The van der Waals surface area contributed by atoms with Crippen LogP contribution in [0.4, 0.5) is 0 Å². The maximum atomic E-state index is 13.4. The first-order valence-corrected chi connectivity index (χ1v) is 14.5. The Morgan fingerprint density at radius 2 is 1.80 bits per heavy atom. The van der Waals surface area contributed by atoms with Crippen LogP contribution >= 0.6 is 0 Å². The van der Waals surface area contributed by atoms with Crippen molar-refractivity contribution in [3.8, 4) is 0 Å². The van der Waals surface area contributed by atoms with E-state index in [1.54, 1.807) is 19.9 Å². The fourth-order valence-electron chi connectivity index (χ4n) is 8.46. The Bertz CT molecular complexity index is 1110. The van der Waals surface area contributed by atoms with Crippen molar-refractivity contribution in [2.75, 3.05) is 6.61 Å². The number of carbonyl (C=O) groups is 5. The number of ether oxygens (including phenoxy) is 1. The molecule has 0 aromatic carbocycles. The molecule has 0 radical (unpaired) electrons. The third kappa shape index (κ3) is 5.13. The van der Waals surface area contributed by atoms with Gasteiger partial charge in [-0.15, -0.1) is 0 Å². The fourth-order valence-corrected chi connectivity index (χ4v) is 8.46. The van der Waals surface area contributed by atoms with Crippen molar-refractivity contribution in [1.82, 2.24) is 5.32 Å². The predicted octanol–water partition coefficient (Wildman–Crippen LogP) is 2.34. The van der Waals surface area contributed by atoms with E-state index in [4.69, 9.17) is 4.74 Å². The van der Waals surface area contributed by atoms with Gasteiger partial charge in [-0.2, -0.15) is 0 Å². The largest absolute Gasteiger partial charge is 0.480 e. The number of Topliss-reactive ketones (excluding diaryl/α,β-unsaturated/α-hetero) is 1. The Kier molecular flexibility index (Phi) is 8.36. The van der Waals surface area contributed by atoms with Gasteiger partial charge in [-0.25, -0.2) is 4.79 Å². The third-order valence-corrected chi connectivity index (χ3v) is 10.7. The minimum absolute atomic E-state index is 0.00777. The average Bonchev–Trinajstić information content (AvgIpc) is 3.15. The van der Waals surface area contributed by atoms with Crippen LogP contribution in [-0.4, -0.2) is 69.1 Å². The van der Waals surface area contributed by atoms with Crippen LogP contribution in [0.1, 0.15) is 85.5 Å². The van der Waals surface area contributed by atoms with Crippen molar-refractivity contribution in [3.63, 3.8) is 0 Å². The van der Waals surface area contributed by atoms with E-state index in [-0.39, 0.29) is 60.6 Å². The number of aliphatic hydroxyl groups excluding tert-OH is 1. The summed E-state index contributed by atoms with van der Waals surface area (Å²) in [7, 11) is 0. The van der Waals surface area contributed by atoms with Crippen LogP contribution in [0.3, 0.4) is 0 Å². The van der Waals surface area contributed by atoms with Crippen molar-refractivity contribution in [2.24, 2.45) is 34.5 Å². The fraction of sp³-hybridized carbons (Fsp3) is 0.767. The lowest BCUT2D eigenvalue weighted by atomic mass is 9.45. The van der Waals surface area contributed by atoms with Crippen LogP contribution in [0.5, 0.6) is 0 Å². The number of aliphatic hydroxyl groups is 2. The van der Waals surface area contributed by atoms with E-state index in [0.717, 1.165) is 18.4 Å². The summed E-state index contributed by atoms with van der Waals surface area (Å²) in [5.74, 6) is -3.31. The van der Waals surface area contributed by atoms with Gasteiger partial charge in [0.2, 0.25) is 11.7 Å². The first-order chi connectivity index (χ1) is 18.6. The number of carboxylic acids is 1. The molecule has 1 amide bonds. The number of allylic oxidation sites excluding steroid dienone is 1. The molecule has 222 valence electrons. The molecule has 3 saturated carbocycles. The quantitative estimate of drug-likeness (QED) is 0.309. The van der Waals surface area contributed by atoms with Crippen LogP contribution in [0, 0.1) is 34.5 Å². The standard InChI is InChI=1S/C30H43NO9/c1-16(2)26(27(37)38)31-23(35)7-8-24(36)40-15-22(34)30(39)12-10-20-19-6-5-17-13-18(32)9-11-28(17,3)25(19)21(33)14-29(20,30)4/h13,16,19-21,25-26,33,39H,5-12,14-15H2,1-4H3,(H,31,35)(H,37,38)/t19-,20+,21-,25-,26-,28-,29-,30-/m0/s1. The molecule has 3 fully saturated rings. The van der Waals surface area contributed by atoms with E-state index < -0.39 is 53.4 Å². The number of carboxylic acid groups (broad SMARTS) is 1. The van der Waals surface area contributed by atoms with Gasteiger partial charge in [0.25, 0.3) is 0 Å². The molecule has 40 heavy (non-hydrogen) atoms. The van der Waals surface area contributed by atoms with E-state index in [1.807, 2.05) is 6.92 Å². The molecule has 0 aliphatic heterocycles. The molecule has 10 nitrogen and oxygen atoms in total. The van der Waals surface area contributed by atoms with E-state index in [1.165, 1.54) is 0 Å². The summed E-state index contributed by atoms with van der Waals surface area (Å²) in [5.41, 5.74) is -1.81. The highest BCUT2D eigenvalue weighted by Gasteiger charge is 2.68. The normalized spacial score (nSPS) is 37.5. The zero-order chi connectivity index (χ0) is 29.6. The highest BCUT2D eigenvalue weighted by molar-refractivity contribution is 5.92. The van der Waals surface area contributed by atoms with Gasteiger partial charge in [-0.1, -0.05) is 33.3 Å². The molecule has 0 saturated heterocycles. The van der Waals surface area contributed by atoms with E-state index in [9.17, 15) is 39.3 Å². The minimum atomic E-state index is -1.76. The second kappa shape index (κ2) is 11.0. The van der Waals surface area contributed by atoms with Crippen molar-refractivity contribution >= 4 is 29.4 Å². The van der Waals surface area contributed by atoms with E-state index in [2.05, 4.69) is 12.2 Å². The topological polar surface area (TPSA) is 167 Å². The molecule has 4 aliphatic carbocycles. The number of amides is 1. The third-order valence-electron chi connectivity index (χ3n) is 10.7. The molecular weight excluding hydrogens is 518 g/mol. The molecule has 4 aliphatic rings. The highest BCUT2D eigenvalue weighted by atomic mass is 16.5. The first kappa shape index (κ1) is 30.4. The van der Waals surface area contributed by atoms with Crippen LogP contribution in [0.15, 0.2) is 11.6 Å². The van der Waals surface area contributed by atoms with Crippen LogP contribution in [-0.2, 0) is 28.7 Å². The summed E-state index contributed by atoms with van der Waals surface area (Å²) < 4.78 is 5.14. The lowest BCUT2D eigenvalue weighted by molar-refractivity contribution is -0.184. The summed E-state index contributed by atoms with van der Waals surface area (Å²) >= 11 is 0. The maximum absolute atomic E-state index is 13.4.